The number of hydrogen-bond donors (Lipinski definition) is 1. The van der Waals surface area contributed by atoms with E-state index < -0.39 is 0 Å². The Labute approximate surface area is 140 Å². The van der Waals surface area contributed by atoms with E-state index in [4.69, 9.17) is 0 Å². The van der Waals surface area contributed by atoms with Crippen molar-refractivity contribution in [2.45, 2.75) is 49.6 Å². The van der Waals surface area contributed by atoms with E-state index >= 15 is 0 Å². The van der Waals surface area contributed by atoms with Crippen molar-refractivity contribution in [3.05, 3.63) is 41.7 Å². The van der Waals surface area contributed by atoms with E-state index in [0.29, 0.717) is 12.6 Å². The Balaban J connectivity index is 1.50. The quantitative estimate of drug-likeness (QED) is 0.793. The highest BCUT2D eigenvalue weighted by molar-refractivity contribution is 8.00. The topological polar surface area (TPSA) is 59.8 Å². The van der Waals surface area contributed by atoms with Gasteiger partial charge in [0.1, 0.15) is 5.82 Å². The van der Waals surface area contributed by atoms with Crippen LogP contribution in [0.4, 0.5) is 0 Å². The van der Waals surface area contributed by atoms with Gasteiger partial charge in [0.05, 0.1) is 5.25 Å². The fraction of sp³-hybridized carbons (Fsp3) is 0.471. The Bertz CT molecular complexity index is 666. The summed E-state index contributed by atoms with van der Waals surface area (Å²) in [5.41, 5.74) is 1.23. The van der Waals surface area contributed by atoms with Crippen molar-refractivity contribution in [3.8, 4) is 0 Å². The molecular weight excluding hydrogens is 308 g/mol. The van der Waals surface area contributed by atoms with E-state index in [1.807, 2.05) is 32.0 Å². The van der Waals surface area contributed by atoms with Gasteiger partial charge in [0.2, 0.25) is 5.91 Å². The molecule has 122 valence electrons. The zero-order chi connectivity index (χ0) is 16.2. The average molecular weight is 330 g/mol. The maximum Gasteiger partial charge on any atom is 0.233 e. The number of hydrogen-bond acceptors (Lipinski definition) is 4. The highest BCUT2D eigenvalue weighted by Crippen LogP contribution is 2.39. The van der Waals surface area contributed by atoms with E-state index in [1.165, 1.54) is 30.2 Å². The van der Waals surface area contributed by atoms with Crippen LogP contribution in [0.3, 0.4) is 0 Å². The first-order chi connectivity index (χ1) is 11.1. The van der Waals surface area contributed by atoms with Gasteiger partial charge in [-0.05, 0) is 38.7 Å². The number of rotatable bonds is 7. The second-order valence-electron chi connectivity index (χ2n) is 5.92. The Morgan fingerprint density at radius 1 is 1.35 bits per heavy atom. The van der Waals surface area contributed by atoms with Gasteiger partial charge in [-0.1, -0.05) is 42.1 Å². The summed E-state index contributed by atoms with van der Waals surface area (Å²) in [6.45, 7) is 4.55. The van der Waals surface area contributed by atoms with E-state index in [2.05, 4.69) is 32.2 Å². The molecule has 6 heteroatoms. The van der Waals surface area contributed by atoms with Gasteiger partial charge in [-0.3, -0.25) is 4.79 Å². The molecule has 3 rings (SSSR count). The Morgan fingerprint density at radius 2 is 2.09 bits per heavy atom. The fourth-order valence-electron chi connectivity index (χ4n) is 2.51. The summed E-state index contributed by atoms with van der Waals surface area (Å²) in [7, 11) is 0. The summed E-state index contributed by atoms with van der Waals surface area (Å²) in [5.74, 6) is 0.987. The first-order valence-corrected chi connectivity index (χ1v) is 8.93. The van der Waals surface area contributed by atoms with Crippen LogP contribution in [0.25, 0.3) is 0 Å². The molecule has 0 bridgehead atoms. The standard InChI is InChI=1S/C17H22N4OS/c1-12(16(22)18-11-10-14-6-4-3-5-7-14)23-17-20-19-13(2)21(17)15-8-9-15/h3-7,12,15H,8-11H2,1-2H3,(H,18,22)/t12-/m0/s1. The fourth-order valence-corrected chi connectivity index (χ4v) is 3.50. The Morgan fingerprint density at radius 3 is 2.78 bits per heavy atom. The molecule has 5 nitrogen and oxygen atoms in total. The third-order valence-corrected chi connectivity index (χ3v) is 5.01. The first kappa shape index (κ1) is 16.1. The van der Waals surface area contributed by atoms with Crippen molar-refractivity contribution in [2.75, 3.05) is 6.54 Å². The van der Waals surface area contributed by atoms with Crippen LogP contribution in [0, 0.1) is 6.92 Å². The van der Waals surface area contributed by atoms with Gasteiger partial charge in [0, 0.05) is 12.6 Å². The number of carbonyl (C=O) groups is 1. The largest absolute Gasteiger partial charge is 0.355 e. The van der Waals surface area contributed by atoms with Gasteiger partial charge in [0.15, 0.2) is 5.16 Å². The number of aryl methyl sites for hydroxylation is 1. The summed E-state index contributed by atoms with van der Waals surface area (Å²) < 4.78 is 2.17. The van der Waals surface area contributed by atoms with Crippen LogP contribution in [-0.2, 0) is 11.2 Å². The highest BCUT2D eigenvalue weighted by atomic mass is 32.2. The monoisotopic (exact) mass is 330 g/mol. The Hall–Kier alpha value is -1.82. The van der Waals surface area contributed by atoms with Crippen LogP contribution in [0.1, 0.15) is 37.2 Å². The van der Waals surface area contributed by atoms with Crippen LogP contribution in [0.15, 0.2) is 35.5 Å². The predicted octanol–water partition coefficient (Wildman–Crippen LogP) is 2.76. The maximum absolute atomic E-state index is 12.3. The molecule has 1 N–H and O–H groups in total. The lowest BCUT2D eigenvalue weighted by Gasteiger charge is -2.12. The summed E-state index contributed by atoms with van der Waals surface area (Å²) in [6, 6.07) is 10.7. The molecule has 1 heterocycles. The first-order valence-electron chi connectivity index (χ1n) is 8.05. The number of amides is 1. The summed E-state index contributed by atoms with van der Waals surface area (Å²) >= 11 is 1.49. The number of nitrogens with zero attached hydrogens (tertiary/aromatic N) is 3. The molecule has 1 fully saturated rings. The zero-order valence-electron chi connectivity index (χ0n) is 13.5. The summed E-state index contributed by atoms with van der Waals surface area (Å²) in [4.78, 5) is 12.3. The van der Waals surface area contributed by atoms with Gasteiger partial charge in [-0.25, -0.2) is 0 Å². The molecule has 1 aromatic heterocycles. The molecule has 1 atom stereocenters. The van der Waals surface area contributed by atoms with Crippen LogP contribution >= 0.6 is 11.8 Å². The van der Waals surface area contributed by atoms with E-state index in [-0.39, 0.29) is 11.2 Å². The highest BCUT2D eigenvalue weighted by Gasteiger charge is 2.29. The van der Waals surface area contributed by atoms with Crippen LogP contribution in [-0.4, -0.2) is 32.5 Å². The number of benzene rings is 1. The molecule has 1 amide bonds. The third-order valence-electron chi connectivity index (χ3n) is 3.95. The minimum Gasteiger partial charge on any atom is -0.355 e. The van der Waals surface area contributed by atoms with E-state index in [9.17, 15) is 4.79 Å². The van der Waals surface area contributed by atoms with Crippen molar-refractivity contribution in [1.82, 2.24) is 20.1 Å². The van der Waals surface area contributed by atoms with Gasteiger partial charge >= 0.3 is 0 Å². The lowest BCUT2D eigenvalue weighted by atomic mass is 10.1. The summed E-state index contributed by atoms with van der Waals surface area (Å²) in [5, 5.41) is 12.1. The van der Waals surface area contributed by atoms with Crippen molar-refractivity contribution in [3.63, 3.8) is 0 Å². The lowest BCUT2D eigenvalue weighted by Crippen LogP contribution is -2.32. The van der Waals surface area contributed by atoms with Crippen molar-refractivity contribution in [1.29, 1.82) is 0 Å². The summed E-state index contributed by atoms with van der Waals surface area (Å²) in [6.07, 6.45) is 3.22. The number of thioether (sulfide) groups is 1. The van der Waals surface area contributed by atoms with Crippen LogP contribution in [0.5, 0.6) is 0 Å². The molecule has 1 aromatic carbocycles. The number of nitrogens with one attached hydrogen (secondary N) is 1. The number of carbonyl (C=O) groups excluding carboxylic acids is 1. The van der Waals surface area contributed by atoms with Crippen molar-refractivity contribution >= 4 is 17.7 Å². The van der Waals surface area contributed by atoms with Gasteiger partial charge in [-0.2, -0.15) is 0 Å². The lowest BCUT2D eigenvalue weighted by molar-refractivity contribution is -0.120. The zero-order valence-corrected chi connectivity index (χ0v) is 14.3. The molecule has 0 spiro atoms. The molecule has 0 aliphatic heterocycles. The number of aromatic nitrogens is 3. The van der Waals surface area contributed by atoms with Crippen molar-refractivity contribution in [2.24, 2.45) is 0 Å². The third kappa shape index (κ3) is 4.13. The molecule has 2 aromatic rings. The van der Waals surface area contributed by atoms with Gasteiger partial charge in [0.25, 0.3) is 0 Å². The average Bonchev–Trinajstić information content (AvgIpc) is 3.32. The normalized spacial score (nSPS) is 15.4. The maximum atomic E-state index is 12.3. The van der Waals surface area contributed by atoms with Crippen LogP contribution in [0.2, 0.25) is 0 Å². The minimum atomic E-state index is -0.174. The van der Waals surface area contributed by atoms with E-state index in [1.54, 1.807) is 0 Å². The van der Waals surface area contributed by atoms with E-state index in [0.717, 1.165) is 17.4 Å². The molecule has 0 unspecified atom stereocenters. The molecule has 23 heavy (non-hydrogen) atoms. The molecule has 0 radical (unpaired) electrons. The minimum absolute atomic E-state index is 0.0499. The van der Waals surface area contributed by atoms with Gasteiger partial charge in [-0.15, -0.1) is 10.2 Å². The Kier molecular flexibility index (Phi) is 5.00. The molecular formula is C17H22N4OS. The SMILES string of the molecule is Cc1nnc(S[C@@H](C)C(=O)NCCc2ccccc2)n1C1CC1. The molecule has 1 aliphatic rings. The predicted molar refractivity (Wildman–Crippen MR) is 91.5 cm³/mol. The van der Waals surface area contributed by atoms with Gasteiger partial charge < -0.3 is 9.88 Å². The molecule has 1 saturated carbocycles. The van der Waals surface area contributed by atoms with Crippen molar-refractivity contribution < 1.29 is 4.79 Å². The van der Waals surface area contributed by atoms with Crippen LogP contribution < -0.4 is 5.32 Å². The molecule has 1 aliphatic carbocycles. The molecule has 0 saturated heterocycles. The smallest absolute Gasteiger partial charge is 0.233 e. The second kappa shape index (κ2) is 7.17. The second-order valence-corrected chi connectivity index (χ2v) is 7.23.